The molecule has 6 nitrogen and oxygen atoms in total. The number of rotatable bonds is 5. The molecule has 1 fully saturated rings. The highest BCUT2D eigenvalue weighted by atomic mass is 35.5. The van der Waals surface area contributed by atoms with Gasteiger partial charge >= 0.3 is 0 Å². The first-order valence-corrected chi connectivity index (χ1v) is 10.5. The Morgan fingerprint density at radius 2 is 1.89 bits per heavy atom. The zero-order valence-electron chi connectivity index (χ0n) is 16.1. The largest absolute Gasteiger partial charge is 0.493 e. The predicted molar refractivity (Wildman–Crippen MR) is 115 cm³/mol. The van der Waals surface area contributed by atoms with Crippen molar-refractivity contribution in [3.05, 3.63) is 28.4 Å². The van der Waals surface area contributed by atoms with E-state index in [2.05, 4.69) is 27.5 Å². The molecule has 0 aliphatic carbocycles. The van der Waals surface area contributed by atoms with E-state index in [-0.39, 0.29) is 5.28 Å². The van der Waals surface area contributed by atoms with Crippen molar-refractivity contribution in [3.8, 4) is 22.6 Å². The molecule has 8 heteroatoms. The Balaban J connectivity index is 1.85. The van der Waals surface area contributed by atoms with E-state index < -0.39 is 0 Å². The molecule has 0 bridgehead atoms. The lowest BCUT2D eigenvalue weighted by molar-refractivity contribution is 0.355. The monoisotopic (exact) mass is 418 g/mol. The second-order valence-electron chi connectivity index (χ2n) is 6.79. The summed E-state index contributed by atoms with van der Waals surface area (Å²) in [5, 5.41) is 8.29. The quantitative estimate of drug-likeness (QED) is 0.594. The lowest BCUT2D eigenvalue weighted by Crippen LogP contribution is -2.35. The maximum absolute atomic E-state index is 6.23. The summed E-state index contributed by atoms with van der Waals surface area (Å²) in [4.78, 5) is 11.1. The van der Waals surface area contributed by atoms with E-state index in [0.29, 0.717) is 17.5 Å². The smallest absolute Gasteiger partial charge is 0.225 e. The zero-order valence-corrected chi connectivity index (χ0v) is 17.7. The second kappa shape index (κ2) is 8.11. The first kappa shape index (κ1) is 19.2. The molecule has 28 heavy (non-hydrogen) atoms. The molecule has 2 N–H and O–H groups in total. The number of aromatic nitrogens is 2. The number of piperidine rings is 1. The van der Waals surface area contributed by atoms with Crippen LogP contribution in [0.2, 0.25) is 5.28 Å². The van der Waals surface area contributed by atoms with Crippen LogP contribution in [0, 0.1) is 6.92 Å². The van der Waals surface area contributed by atoms with E-state index >= 15 is 0 Å². The van der Waals surface area contributed by atoms with E-state index in [9.17, 15) is 0 Å². The number of nitrogens with zero attached hydrogens (tertiary/aromatic N) is 2. The van der Waals surface area contributed by atoms with Crippen molar-refractivity contribution in [2.24, 2.45) is 0 Å². The highest BCUT2D eigenvalue weighted by Gasteiger charge is 2.22. The molecule has 148 valence electrons. The molecule has 1 saturated heterocycles. The summed E-state index contributed by atoms with van der Waals surface area (Å²) in [5.41, 5.74) is 2.15. The van der Waals surface area contributed by atoms with E-state index in [4.69, 9.17) is 21.1 Å². The van der Waals surface area contributed by atoms with Gasteiger partial charge < -0.3 is 20.1 Å². The van der Waals surface area contributed by atoms with Gasteiger partial charge in [0.15, 0.2) is 11.5 Å². The molecule has 3 aromatic rings. The molecule has 0 radical (unpaired) electrons. The van der Waals surface area contributed by atoms with Crippen molar-refractivity contribution >= 4 is 39.0 Å². The van der Waals surface area contributed by atoms with Crippen LogP contribution in [0.15, 0.2) is 18.2 Å². The molecule has 0 unspecified atom stereocenters. The maximum atomic E-state index is 6.23. The zero-order chi connectivity index (χ0) is 19.7. The van der Waals surface area contributed by atoms with Gasteiger partial charge in [0.25, 0.3) is 0 Å². The molecule has 0 atom stereocenters. The molecule has 1 aromatic carbocycles. The first-order chi connectivity index (χ1) is 13.6. The van der Waals surface area contributed by atoms with E-state index in [1.165, 1.54) is 0 Å². The molecule has 1 aliphatic heterocycles. The highest BCUT2D eigenvalue weighted by molar-refractivity contribution is 7.19. The van der Waals surface area contributed by atoms with Crippen LogP contribution in [-0.4, -0.2) is 43.3 Å². The SMILES string of the molecule is COc1ccc(-c2c(C)sc3nc(Cl)nc(NC4CCNCC4)c23)cc1OC. The number of hydrogen-bond acceptors (Lipinski definition) is 7. The number of fused-ring (bicyclic) bond motifs is 1. The molecular weight excluding hydrogens is 396 g/mol. The number of ether oxygens (including phenoxy) is 2. The first-order valence-electron chi connectivity index (χ1n) is 9.27. The third kappa shape index (κ3) is 3.62. The molecule has 0 amide bonds. The number of benzene rings is 1. The van der Waals surface area contributed by atoms with E-state index in [1.807, 2.05) is 18.2 Å². The fourth-order valence-corrected chi connectivity index (χ4v) is 4.95. The van der Waals surface area contributed by atoms with Crippen molar-refractivity contribution in [2.75, 3.05) is 32.6 Å². The Hall–Kier alpha value is -2.09. The summed E-state index contributed by atoms with van der Waals surface area (Å²) in [6, 6.07) is 6.33. The fraction of sp³-hybridized carbons (Fsp3) is 0.400. The summed E-state index contributed by atoms with van der Waals surface area (Å²) >= 11 is 7.86. The molecule has 4 rings (SSSR count). The lowest BCUT2D eigenvalue weighted by atomic mass is 10.0. The van der Waals surface area contributed by atoms with Crippen molar-refractivity contribution in [3.63, 3.8) is 0 Å². The van der Waals surface area contributed by atoms with Gasteiger partial charge in [0.2, 0.25) is 5.28 Å². The van der Waals surface area contributed by atoms with Gasteiger partial charge in [0, 0.05) is 16.5 Å². The van der Waals surface area contributed by atoms with Crippen LogP contribution in [-0.2, 0) is 0 Å². The number of aryl methyl sites for hydroxylation is 1. The van der Waals surface area contributed by atoms with Crippen LogP contribution in [0.25, 0.3) is 21.3 Å². The second-order valence-corrected chi connectivity index (χ2v) is 8.33. The molecule has 3 heterocycles. The average molecular weight is 419 g/mol. The molecule has 0 saturated carbocycles. The molecule has 2 aromatic heterocycles. The number of methoxy groups -OCH3 is 2. The summed E-state index contributed by atoms with van der Waals surface area (Å²) in [5.74, 6) is 2.20. The van der Waals surface area contributed by atoms with Crippen LogP contribution in [0.1, 0.15) is 17.7 Å². The maximum Gasteiger partial charge on any atom is 0.225 e. The molecule has 1 aliphatic rings. The number of nitrogens with one attached hydrogen (secondary N) is 2. The van der Waals surface area contributed by atoms with Crippen LogP contribution in [0.4, 0.5) is 5.82 Å². The number of thiophene rings is 1. The Bertz CT molecular complexity index is 1000. The molecular formula is C20H23ClN4O2S. The summed E-state index contributed by atoms with van der Waals surface area (Å²) < 4.78 is 10.9. The summed E-state index contributed by atoms with van der Waals surface area (Å²) in [6.07, 6.45) is 2.11. The van der Waals surface area contributed by atoms with Gasteiger partial charge in [0.1, 0.15) is 10.6 Å². The van der Waals surface area contributed by atoms with Gasteiger partial charge in [-0.1, -0.05) is 6.07 Å². The molecule has 0 spiro atoms. The minimum atomic E-state index is 0.268. The Labute approximate surface area is 173 Å². The van der Waals surface area contributed by atoms with Crippen LogP contribution in [0.3, 0.4) is 0 Å². The highest BCUT2D eigenvalue weighted by Crippen LogP contribution is 2.43. The minimum Gasteiger partial charge on any atom is -0.493 e. The van der Waals surface area contributed by atoms with E-state index in [0.717, 1.165) is 58.0 Å². The van der Waals surface area contributed by atoms with Gasteiger partial charge in [-0.2, -0.15) is 0 Å². The van der Waals surface area contributed by atoms with Crippen LogP contribution < -0.4 is 20.1 Å². The minimum absolute atomic E-state index is 0.268. The average Bonchev–Trinajstić information content (AvgIpc) is 3.03. The van der Waals surface area contributed by atoms with Crippen molar-refractivity contribution in [1.29, 1.82) is 0 Å². The fourth-order valence-electron chi connectivity index (χ4n) is 3.69. The van der Waals surface area contributed by atoms with Crippen LogP contribution >= 0.6 is 22.9 Å². The Morgan fingerprint density at radius 3 is 2.61 bits per heavy atom. The standard InChI is InChI=1S/C20H23ClN4O2S/c1-11-16(12-4-5-14(26-2)15(10-12)27-3)17-18(23-13-6-8-22-9-7-13)24-20(21)25-19(17)28-11/h4-5,10,13,22H,6-9H2,1-3H3,(H,23,24,25). The third-order valence-corrected chi connectivity index (χ3v) is 6.22. The van der Waals surface area contributed by atoms with Gasteiger partial charge in [-0.3, -0.25) is 0 Å². The third-order valence-electron chi connectivity index (χ3n) is 5.05. The predicted octanol–water partition coefficient (Wildman–Crippen LogP) is 4.50. The lowest BCUT2D eigenvalue weighted by Gasteiger charge is -2.24. The van der Waals surface area contributed by atoms with Crippen molar-refractivity contribution in [2.45, 2.75) is 25.8 Å². The number of hydrogen-bond donors (Lipinski definition) is 2. The van der Waals surface area contributed by atoms with Gasteiger partial charge in [-0.05, 0) is 62.2 Å². The Morgan fingerprint density at radius 1 is 1.14 bits per heavy atom. The van der Waals surface area contributed by atoms with Crippen LogP contribution in [0.5, 0.6) is 11.5 Å². The van der Waals surface area contributed by atoms with E-state index in [1.54, 1.807) is 25.6 Å². The number of anilines is 1. The van der Waals surface area contributed by atoms with Crippen molar-refractivity contribution in [1.82, 2.24) is 15.3 Å². The van der Waals surface area contributed by atoms with Gasteiger partial charge in [0.05, 0.1) is 19.6 Å². The normalized spacial score (nSPS) is 15.0. The number of halogens is 1. The van der Waals surface area contributed by atoms with Gasteiger partial charge in [-0.25, -0.2) is 9.97 Å². The summed E-state index contributed by atoms with van der Waals surface area (Å²) in [7, 11) is 3.28. The summed E-state index contributed by atoms with van der Waals surface area (Å²) in [6.45, 7) is 4.11. The van der Waals surface area contributed by atoms with Crippen molar-refractivity contribution < 1.29 is 9.47 Å². The topological polar surface area (TPSA) is 68.3 Å². The Kier molecular flexibility index (Phi) is 5.57. The van der Waals surface area contributed by atoms with Gasteiger partial charge in [-0.15, -0.1) is 11.3 Å².